The number of methoxy groups -OCH3 is 1. The summed E-state index contributed by atoms with van der Waals surface area (Å²) in [5.41, 5.74) is 0.909. The molecule has 5 rings (SSSR count). The molecule has 1 fully saturated rings. The molecule has 2 aromatic carbocycles. The van der Waals surface area contributed by atoms with Crippen molar-refractivity contribution in [2.45, 2.75) is 0 Å². The number of ether oxygens (including phenoxy) is 1. The minimum absolute atomic E-state index is 0.00332. The first-order valence-electron chi connectivity index (χ1n) is 11.6. The average molecular weight is 491 g/mol. The Balaban J connectivity index is 1.15. The summed E-state index contributed by atoms with van der Waals surface area (Å²) < 4.78 is 11.9. The summed E-state index contributed by atoms with van der Waals surface area (Å²) in [7, 11) is 1.68. The van der Waals surface area contributed by atoms with Gasteiger partial charge in [-0.3, -0.25) is 9.69 Å². The first-order valence-corrected chi connectivity index (χ1v) is 11.6. The first kappa shape index (κ1) is 23.4. The Morgan fingerprint density at radius 1 is 1.11 bits per heavy atom. The van der Waals surface area contributed by atoms with Gasteiger partial charge in [0.05, 0.1) is 19.0 Å². The summed E-state index contributed by atoms with van der Waals surface area (Å²) in [4.78, 5) is 29.5. The van der Waals surface area contributed by atoms with E-state index in [0.717, 1.165) is 37.6 Å². The summed E-state index contributed by atoms with van der Waals surface area (Å²) in [6.07, 6.45) is 1.39. The summed E-state index contributed by atoms with van der Waals surface area (Å²) in [5.74, 6) is 0.493. The molecule has 1 amide bonds. The lowest BCUT2D eigenvalue weighted by molar-refractivity contribution is 0.0942. The van der Waals surface area contributed by atoms with Gasteiger partial charge in [0.15, 0.2) is 11.4 Å². The number of nitrogens with zero attached hydrogens (tertiary/aromatic N) is 5. The van der Waals surface area contributed by atoms with E-state index in [1.807, 2.05) is 18.2 Å². The predicted molar refractivity (Wildman–Crippen MR) is 133 cm³/mol. The largest absolute Gasteiger partial charge is 0.508 e. The Bertz CT molecular complexity index is 1440. The van der Waals surface area contributed by atoms with Crippen molar-refractivity contribution in [1.82, 2.24) is 25.2 Å². The fourth-order valence-corrected chi connectivity index (χ4v) is 4.26. The summed E-state index contributed by atoms with van der Waals surface area (Å²) >= 11 is 0. The van der Waals surface area contributed by atoms with E-state index in [-0.39, 0.29) is 28.6 Å². The molecule has 0 bridgehead atoms. The summed E-state index contributed by atoms with van der Waals surface area (Å²) in [6, 6.07) is 14.0. The Hall–Kier alpha value is -4.38. The van der Waals surface area contributed by atoms with E-state index in [1.165, 1.54) is 23.0 Å². The number of hydrogen-bond acceptors (Lipinski definition) is 9. The van der Waals surface area contributed by atoms with Crippen molar-refractivity contribution in [2.75, 3.05) is 51.3 Å². The number of rotatable bonds is 7. The van der Waals surface area contributed by atoms with E-state index in [1.54, 1.807) is 19.2 Å². The zero-order chi connectivity index (χ0) is 25.1. The van der Waals surface area contributed by atoms with Crippen LogP contribution in [0.5, 0.6) is 11.5 Å². The number of phenols is 1. The highest BCUT2D eigenvalue weighted by molar-refractivity contribution is 5.92. The van der Waals surface area contributed by atoms with Crippen LogP contribution in [0.4, 0.5) is 5.69 Å². The molecule has 3 heterocycles. The van der Waals surface area contributed by atoms with Gasteiger partial charge in [0, 0.05) is 50.7 Å². The van der Waals surface area contributed by atoms with Crippen LogP contribution in [0.25, 0.3) is 16.7 Å². The number of nitrogens with one attached hydrogen (secondary N) is 1. The van der Waals surface area contributed by atoms with Gasteiger partial charge in [-0.2, -0.15) is 0 Å². The zero-order valence-electron chi connectivity index (χ0n) is 19.8. The number of hydrogen-bond donors (Lipinski definition) is 2. The van der Waals surface area contributed by atoms with Crippen LogP contribution >= 0.6 is 0 Å². The van der Waals surface area contributed by atoms with Gasteiger partial charge in [0.2, 0.25) is 0 Å². The molecule has 186 valence electrons. The van der Waals surface area contributed by atoms with Crippen molar-refractivity contribution < 1.29 is 19.1 Å². The van der Waals surface area contributed by atoms with Crippen LogP contribution in [0, 0.1) is 0 Å². The highest BCUT2D eigenvalue weighted by Gasteiger charge is 2.20. The minimum atomic E-state index is -0.655. The topological polar surface area (TPSA) is 126 Å². The highest BCUT2D eigenvalue weighted by atomic mass is 16.5. The number of aromatic hydroxyl groups is 1. The number of carbonyl (C=O) groups excluding carboxylic acids is 1. The van der Waals surface area contributed by atoms with Crippen LogP contribution in [0.2, 0.25) is 0 Å². The second kappa shape index (κ2) is 10.1. The number of phenolic OH excluding ortho intramolecular Hbond substituents is 1. The van der Waals surface area contributed by atoms with E-state index >= 15 is 0 Å². The van der Waals surface area contributed by atoms with Gasteiger partial charge in [0.1, 0.15) is 17.1 Å². The Morgan fingerprint density at radius 2 is 1.92 bits per heavy atom. The molecule has 0 unspecified atom stereocenters. The fourth-order valence-electron chi connectivity index (χ4n) is 4.26. The number of para-hydroxylation sites is 2. The lowest BCUT2D eigenvalue weighted by Gasteiger charge is -2.36. The van der Waals surface area contributed by atoms with Gasteiger partial charge in [-0.05, 0) is 30.3 Å². The molecule has 11 heteroatoms. The van der Waals surface area contributed by atoms with Crippen molar-refractivity contribution in [1.29, 1.82) is 0 Å². The second-order valence-electron chi connectivity index (χ2n) is 8.45. The van der Waals surface area contributed by atoms with Crippen molar-refractivity contribution in [3.63, 3.8) is 0 Å². The normalized spacial score (nSPS) is 14.2. The van der Waals surface area contributed by atoms with Crippen molar-refractivity contribution in [3.05, 3.63) is 70.8 Å². The van der Waals surface area contributed by atoms with E-state index < -0.39 is 5.63 Å². The molecule has 11 nitrogen and oxygen atoms in total. The standard InChI is InChI=1S/C25H26N6O5/c1-35-22-5-3-2-4-20(22)30-12-10-29(11-13-30)9-8-26-24(33)19-16-31(28-27-19)21-14-17-6-7-18(32)15-23(17)36-25(21)34/h2-7,14-16,32H,8-13H2,1H3,(H,26,33). The molecule has 0 radical (unpaired) electrons. The third kappa shape index (κ3) is 4.86. The van der Waals surface area contributed by atoms with Crippen LogP contribution in [0.15, 0.2) is 63.9 Å². The molecule has 2 N–H and O–H groups in total. The zero-order valence-corrected chi connectivity index (χ0v) is 19.8. The molecule has 0 spiro atoms. The molecular weight excluding hydrogens is 464 g/mol. The van der Waals surface area contributed by atoms with Gasteiger partial charge in [-0.15, -0.1) is 5.10 Å². The number of fused-ring (bicyclic) bond motifs is 1. The van der Waals surface area contributed by atoms with Crippen molar-refractivity contribution in [3.8, 4) is 17.2 Å². The predicted octanol–water partition coefficient (Wildman–Crippen LogP) is 1.64. The Kier molecular flexibility index (Phi) is 6.54. The minimum Gasteiger partial charge on any atom is -0.508 e. The van der Waals surface area contributed by atoms with Crippen molar-refractivity contribution in [2.24, 2.45) is 0 Å². The lowest BCUT2D eigenvalue weighted by atomic mass is 10.2. The molecule has 36 heavy (non-hydrogen) atoms. The molecule has 4 aromatic rings. The van der Waals surface area contributed by atoms with E-state index in [4.69, 9.17) is 9.15 Å². The van der Waals surface area contributed by atoms with Gasteiger partial charge in [-0.1, -0.05) is 17.3 Å². The van der Waals surface area contributed by atoms with E-state index in [2.05, 4.69) is 31.5 Å². The molecular formula is C25H26N6O5. The van der Waals surface area contributed by atoms with Crippen LogP contribution in [0.1, 0.15) is 10.5 Å². The van der Waals surface area contributed by atoms with Gasteiger partial charge in [-0.25, -0.2) is 9.48 Å². The lowest BCUT2D eigenvalue weighted by Crippen LogP contribution is -2.48. The Labute approximate surface area is 206 Å². The third-order valence-electron chi connectivity index (χ3n) is 6.19. The number of anilines is 1. The van der Waals surface area contributed by atoms with Gasteiger partial charge >= 0.3 is 5.63 Å². The third-order valence-corrected chi connectivity index (χ3v) is 6.19. The molecule has 1 aliphatic heterocycles. The molecule has 0 saturated carbocycles. The van der Waals surface area contributed by atoms with Crippen molar-refractivity contribution >= 4 is 22.6 Å². The highest BCUT2D eigenvalue weighted by Crippen LogP contribution is 2.28. The van der Waals surface area contributed by atoms with Crippen LogP contribution < -0.4 is 20.6 Å². The van der Waals surface area contributed by atoms with Crippen LogP contribution in [-0.2, 0) is 0 Å². The fraction of sp³-hybridized carbons (Fsp3) is 0.280. The maximum atomic E-state index is 12.6. The number of carbonyl (C=O) groups is 1. The average Bonchev–Trinajstić information content (AvgIpc) is 3.39. The van der Waals surface area contributed by atoms with E-state index in [0.29, 0.717) is 18.5 Å². The maximum absolute atomic E-state index is 12.6. The SMILES string of the molecule is COc1ccccc1N1CCN(CCNC(=O)c2cn(-c3cc4ccc(O)cc4oc3=O)nn2)CC1. The molecule has 1 aliphatic rings. The monoisotopic (exact) mass is 490 g/mol. The number of benzene rings is 2. The number of aromatic nitrogens is 3. The quantitative estimate of drug-likeness (QED) is 0.372. The van der Waals surface area contributed by atoms with Gasteiger partial charge < -0.3 is 24.5 Å². The number of piperazine rings is 1. The second-order valence-corrected chi connectivity index (χ2v) is 8.45. The molecule has 2 aromatic heterocycles. The maximum Gasteiger partial charge on any atom is 0.362 e. The van der Waals surface area contributed by atoms with Crippen LogP contribution in [-0.4, -0.2) is 77.3 Å². The van der Waals surface area contributed by atoms with Crippen LogP contribution in [0.3, 0.4) is 0 Å². The summed E-state index contributed by atoms with van der Waals surface area (Å²) in [5, 5.41) is 20.8. The van der Waals surface area contributed by atoms with Gasteiger partial charge in [0.25, 0.3) is 5.91 Å². The molecule has 0 aliphatic carbocycles. The Morgan fingerprint density at radius 3 is 2.72 bits per heavy atom. The first-order chi connectivity index (χ1) is 17.5. The summed E-state index contributed by atoms with van der Waals surface area (Å²) in [6.45, 7) is 4.66. The number of amides is 1. The molecule has 0 atom stereocenters. The smallest absolute Gasteiger partial charge is 0.362 e. The van der Waals surface area contributed by atoms with E-state index in [9.17, 15) is 14.7 Å². The molecule has 1 saturated heterocycles.